The van der Waals surface area contributed by atoms with E-state index < -0.39 is 0 Å². The molecular formula is C22H42Cl2N2O4. The lowest BCUT2D eigenvalue weighted by Crippen LogP contribution is -2.43. The van der Waals surface area contributed by atoms with Gasteiger partial charge < -0.3 is 20.1 Å². The van der Waals surface area contributed by atoms with E-state index in [1.165, 1.54) is 39.9 Å². The summed E-state index contributed by atoms with van der Waals surface area (Å²) < 4.78 is 10.1. The first kappa shape index (κ1) is 29.4. The van der Waals surface area contributed by atoms with E-state index >= 15 is 0 Å². The Morgan fingerprint density at radius 3 is 1.43 bits per heavy atom. The van der Waals surface area contributed by atoms with Crippen LogP contribution >= 0.6 is 24.8 Å². The molecule has 0 bridgehead atoms. The van der Waals surface area contributed by atoms with Crippen LogP contribution in [0.3, 0.4) is 0 Å². The van der Waals surface area contributed by atoms with Crippen LogP contribution in [0.4, 0.5) is 0 Å². The molecule has 0 amide bonds. The Morgan fingerprint density at radius 2 is 1.13 bits per heavy atom. The minimum atomic E-state index is -0.0754. The first-order chi connectivity index (χ1) is 13.7. The molecule has 0 aromatic carbocycles. The van der Waals surface area contributed by atoms with Gasteiger partial charge in [0.2, 0.25) is 0 Å². The Labute approximate surface area is 194 Å². The highest BCUT2D eigenvalue weighted by Gasteiger charge is 2.31. The van der Waals surface area contributed by atoms with Gasteiger partial charge in [0.05, 0.1) is 26.1 Å². The van der Waals surface area contributed by atoms with Crippen molar-refractivity contribution in [2.75, 3.05) is 27.3 Å². The van der Waals surface area contributed by atoms with E-state index in [2.05, 4.69) is 10.6 Å². The van der Waals surface area contributed by atoms with Gasteiger partial charge in [-0.25, -0.2) is 0 Å². The van der Waals surface area contributed by atoms with E-state index in [9.17, 15) is 9.59 Å². The lowest BCUT2D eigenvalue weighted by Gasteiger charge is -2.30. The molecule has 4 unspecified atom stereocenters. The predicted octanol–water partition coefficient (Wildman–Crippen LogP) is 4.03. The number of rotatable bonds is 11. The zero-order valence-corrected chi connectivity index (χ0v) is 20.3. The van der Waals surface area contributed by atoms with Crippen molar-refractivity contribution in [1.29, 1.82) is 0 Å². The van der Waals surface area contributed by atoms with Crippen LogP contribution < -0.4 is 10.6 Å². The number of methoxy groups -OCH3 is 2. The number of carbonyl (C=O) groups excluding carboxylic acids is 2. The first-order valence-electron chi connectivity index (χ1n) is 11.3. The van der Waals surface area contributed by atoms with Crippen molar-refractivity contribution in [3.63, 3.8) is 0 Å². The average molecular weight is 469 g/mol. The van der Waals surface area contributed by atoms with E-state index in [-0.39, 0.29) is 60.7 Å². The summed E-state index contributed by atoms with van der Waals surface area (Å²) in [6.07, 6.45) is 12.9. The number of unbranched alkanes of at least 4 members (excludes halogenated alkanes) is 3. The van der Waals surface area contributed by atoms with Crippen molar-refractivity contribution in [2.45, 2.75) is 89.1 Å². The third-order valence-electron chi connectivity index (χ3n) is 6.46. The Bertz CT molecular complexity index is 428. The third-order valence-corrected chi connectivity index (χ3v) is 6.46. The highest BCUT2D eigenvalue weighted by atomic mass is 35.5. The molecule has 0 radical (unpaired) electrons. The van der Waals surface area contributed by atoms with Crippen LogP contribution in [0.5, 0.6) is 0 Å². The Hall–Kier alpha value is -0.560. The fourth-order valence-corrected chi connectivity index (χ4v) is 4.80. The maximum atomic E-state index is 12.2. The van der Waals surface area contributed by atoms with Crippen molar-refractivity contribution in [3.8, 4) is 0 Å². The molecule has 2 aliphatic heterocycles. The summed E-state index contributed by atoms with van der Waals surface area (Å²) in [6, 6.07) is 0.532. The van der Waals surface area contributed by atoms with Crippen molar-refractivity contribution < 1.29 is 19.1 Å². The smallest absolute Gasteiger partial charge is 0.310 e. The summed E-state index contributed by atoms with van der Waals surface area (Å²) in [5.41, 5.74) is 0. The molecule has 2 rings (SSSR count). The van der Waals surface area contributed by atoms with Crippen LogP contribution in [-0.4, -0.2) is 51.3 Å². The second-order valence-corrected chi connectivity index (χ2v) is 8.36. The second kappa shape index (κ2) is 17.0. The van der Waals surface area contributed by atoms with E-state index in [1.807, 2.05) is 0 Å². The minimum absolute atomic E-state index is 0. The quantitative estimate of drug-likeness (QED) is 0.352. The number of nitrogens with one attached hydrogen (secondary N) is 2. The molecule has 2 fully saturated rings. The molecule has 8 heteroatoms. The van der Waals surface area contributed by atoms with Crippen LogP contribution in [0, 0.1) is 11.8 Å². The summed E-state index contributed by atoms with van der Waals surface area (Å²) in [5, 5.41) is 6.99. The lowest BCUT2D eigenvalue weighted by molar-refractivity contribution is -0.148. The molecule has 0 saturated carbocycles. The van der Waals surface area contributed by atoms with E-state index in [0.717, 1.165) is 64.5 Å². The molecular weight excluding hydrogens is 427 g/mol. The molecule has 0 aromatic heterocycles. The zero-order chi connectivity index (χ0) is 20.2. The van der Waals surface area contributed by atoms with Gasteiger partial charge in [0.15, 0.2) is 0 Å². The molecule has 2 saturated heterocycles. The Morgan fingerprint density at radius 1 is 0.733 bits per heavy atom. The van der Waals surface area contributed by atoms with Gasteiger partial charge in [-0.2, -0.15) is 0 Å². The molecule has 0 aromatic rings. The van der Waals surface area contributed by atoms with Gasteiger partial charge in [0.25, 0.3) is 0 Å². The minimum Gasteiger partial charge on any atom is -0.469 e. The Kier molecular flexibility index (Phi) is 16.7. The first-order valence-corrected chi connectivity index (χ1v) is 11.3. The average Bonchev–Trinajstić information content (AvgIpc) is 2.76. The number of piperidine rings is 2. The fourth-order valence-electron chi connectivity index (χ4n) is 4.80. The predicted molar refractivity (Wildman–Crippen MR) is 124 cm³/mol. The van der Waals surface area contributed by atoms with E-state index in [1.54, 1.807) is 0 Å². The number of esters is 2. The molecule has 2 aliphatic rings. The molecule has 30 heavy (non-hydrogen) atoms. The van der Waals surface area contributed by atoms with Crippen LogP contribution in [0.2, 0.25) is 0 Å². The molecule has 2 heterocycles. The largest absolute Gasteiger partial charge is 0.469 e. The standard InChI is InChI=1S/C22H40N2O4.2ClH/c1-27-21(25)17(19-13-7-9-15-23-19)11-5-3-4-6-12-18(22(26)28-2)20-14-8-10-16-24-20;;/h17-20,23-24H,3-16H2,1-2H3;2*1H. The summed E-state index contributed by atoms with van der Waals surface area (Å²) in [4.78, 5) is 24.4. The van der Waals surface area contributed by atoms with Gasteiger partial charge >= 0.3 is 11.9 Å². The van der Waals surface area contributed by atoms with Gasteiger partial charge in [-0.15, -0.1) is 24.8 Å². The molecule has 0 aliphatic carbocycles. The SMILES string of the molecule is COC(=O)C(CCCCCCC(C(=O)OC)C1CCCCN1)C1CCCCN1.Cl.Cl. The topological polar surface area (TPSA) is 76.7 Å². The molecule has 178 valence electrons. The van der Waals surface area contributed by atoms with Gasteiger partial charge in [-0.1, -0.05) is 38.5 Å². The zero-order valence-electron chi connectivity index (χ0n) is 18.7. The van der Waals surface area contributed by atoms with Gasteiger partial charge in [-0.05, 0) is 51.6 Å². The second-order valence-electron chi connectivity index (χ2n) is 8.36. The number of halogens is 2. The van der Waals surface area contributed by atoms with Gasteiger partial charge in [-0.3, -0.25) is 9.59 Å². The van der Waals surface area contributed by atoms with Crippen LogP contribution in [0.15, 0.2) is 0 Å². The lowest BCUT2D eigenvalue weighted by atomic mass is 9.86. The highest BCUT2D eigenvalue weighted by molar-refractivity contribution is 5.85. The number of hydrogen-bond donors (Lipinski definition) is 2. The molecule has 2 N–H and O–H groups in total. The van der Waals surface area contributed by atoms with Crippen LogP contribution in [0.25, 0.3) is 0 Å². The van der Waals surface area contributed by atoms with Crippen molar-refractivity contribution in [2.24, 2.45) is 11.8 Å². The molecule has 4 atom stereocenters. The van der Waals surface area contributed by atoms with E-state index in [4.69, 9.17) is 9.47 Å². The summed E-state index contributed by atoms with van der Waals surface area (Å²) in [6.45, 7) is 2.00. The van der Waals surface area contributed by atoms with Gasteiger partial charge in [0, 0.05) is 12.1 Å². The van der Waals surface area contributed by atoms with Crippen LogP contribution in [-0.2, 0) is 19.1 Å². The van der Waals surface area contributed by atoms with Gasteiger partial charge in [0.1, 0.15) is 0 Å². The molecule has 6 nitrogen and oxygen atoms in total. The maximum Gasteiger partial charge on any atom is 0.310 e. The number of ether oxygens (including phenoxy) is 2. The summed E-state index contributed by atoms with van der Waals surface area (Å²) >= 11 is 0. The maximum absolute atomic E-state index is 12.2. The summed E-state index contributed by atoms with van der Waals surface area (Å²) in [7, 11) is 2.98. The third kappa shape index (κ3) is 9.71. The highest BCUT2D eigenvalue weighted by Crippen LogP contribution is 2.25. The van der Waals surface area contributed by atoms with E-state index in [0.29, 0.717) is 0 Å². The normalized spacial score (nSPS) is 23.3. The van der Waals surface area contributed by atoms with Crippen molar-refractivity contribution in [3.05, 3.63) is 0 Å². The number of hydrogen-bond acceptors (Lipinski definition) is 6. The summed E-state index contributed by atoms with van der Waals surface area (Å²) in [5.74, 6) is -0.207. The van der Waals surface area contributed by atoms with Crippen molar-refractivity contribution >= 4 is 36.8 Å². The molecule has 0 spiro atoms. The monoisotopic (exact) mass is 468 g/mol. The fraction of sp³-hybridized carbons (Fsp3) is 0.909. The van der Waals surface area contributed by atoms with Crippen molar-refractivity contribution in [1.82, 2.24) is 10.6 Å². The van der Waals surface area contributed by atoms with Crippen LogP contribution in [0.1, 0.15) is 77.0 Å². The number of carbonyl (C=O) groups is 2. The Balaban J connectivity index is 0.00000420.